The molecule has 0 aliphatic heterocycles. The van der Waals surface area contributed by atoms with Gasteiger partial charge in [-0.3, -0.25) is 9.59 Å². The average Bonchev–Trinajstić information content (AvgIpc) is 3.33. The number of hydrogen-bond acceptors (Lipinski definition) is 4. The predicted octanol–water partition coefficient (Wildman–Crippen LogP) is 2.29. The maximum absolute atomic E-state index is 12.3. The Morgan fingerprint density at radius 2 is 1.76 bits per heavy atom. The molecule has 2 aliphatic carbocycles. The largest absolute Gasteiger partial charge is 0.467 e. The van der Waals surface area contributed by atoms with E-state index < -0.39 is 6.10 Å². The molecule has 1 aromatic heterocycles. The number of furan rings is 1. The highest BCUT2D eigenvalue weighted by Crippen LogP contribution is 2.28. The van der Waals surface area contributed by atoms with Crippen LogP contribution in [0.2, 0.25) is 0 Å². The molecule has 138 valence electrons. The van der Waals surface area contributed by atoms with Crippen LogP contribution in [0.15, 0.2) is 22.8 Å². The van der Waals surface area contributed by atoms with Gasteiger partial charge < -0.3 is 20.2 Å². The monoisotopic (exact) mass is 348 g/mol. The number of carbonyl (C=O) groups excluding carboxylic acids is 2. The van der Waals surface area contributed by atoms with Crippen molar-refractivity contribution in [3.8, 4) is 0 Å². The van der Waals surface area contributed by atoms with Crippen LogP contribution in [0.4, 0.5) is 0 Å². The Kier molecular flexibility index (Phi) is 6.13. The molecule has 0 aromatic carbocycles. The van der Waals surface area contributed by atoms with Gasteiger partial charge in [0.1, 0.15) is 11.9 Å². The van der Waals surface area contributed by atoms with Gasteiger partial charge in [0, 0.05) is 17.9 Å². The minimum Gasteiger partial charge on any atom is -0.467 e. The maximum Gasteiger partial charge on any atom is 0.223 e. The first-order valence-corrected chi connectivity index (χ1v) is 9.43. The standard InChI is InChI=1S/C19H28N2O4/c22-16(17-6-3-11-25-17)12-20-18(23)14-7-9-15(10-8-14)21-19(24)13-4-1-2-5-13/h3,6,11,13-16,22H,1-2,4-5,7-10,12H2,(H,20,23)(H,21,24). The molecule has 6 heteroatoms. The molecule has 0 spiro atoms. The van der Waals surface area contributed by atoms with Crippen LogP contribution in [0.25, 0.3) is 0 Å². The minimum absolute atomic E-state index is 0.0221. The summed E-state index contributed by atoms with van der Waals surface area (Å²) in [6, 6.07) is 3.60. The Bertz CT molecular complexity index is 558. The van der Waals surface area contributed by atoms with E-state index in [1.165, 1.54) is 6.26 Å². The Hall–Kier alpha value is -1.82. The van der Waals surface area contributed by atoms with Crippen LogP contribution in [0.3, 0.4) is 0 Å². The Morgan fingerprint density at radius 1 is 1.08 bits per heavy atom. The van der Waals surface area contributed by atoms with Gasteiger partial charge in [-0.25, -0.2) is 0 Å². The molecular weight excluding hydrogens is 320 g/mol. The molecule has 2 saturated carbocycles. The topological polar surface area (TPSA) is 91.6 Å². The molecule has 2 fully saturated rings. The quantitative estimate of drug-likeness (QED) is 0.735. The van der Waals surface area contributed by atoms with Gasteiger partial charge in [-0.15, -0.1) is 0 Å². The fourth-order valence-electron chi connectivity index (χ4n) is 3.93. The number of aliphatic hydroxyl groups excluding tert-OH is 1. The van der Waals surface area contributed by atoms with Gasteiger partial charge in [-0.1, -0.05) is 12.8 Å². The lowest BCUT2D eigenvalue weighted by Gasteiger charge is -2.29. The number of hydrogen-bond donors (Lipinski definition) is 3. The normalized spacial score (nSPS) is 25.5. The predicted molar refractivity (Wildman–Crippen MR) is 92.5 cm³/mol. The molecule has 1 heterocycles. The van der Waals surface area contributed by atoms with Gasteiger partial charge in [0.25, 0.3) is 0 Å². The lowest BCUT2D eigenvalue weighted by molar-refractivity contribution is -0.127. The summed E-state index contributed by atoms with van der Waals surface area (Å²) in [6.45, 7) is 0.157. The second kappa shape index (κ2) is 8.52. The van der Waals surface area contributed by atoms with Gasteiger partial charge in [-0.2, -0.15) is 0 Å². The van der Waals surface area contributed by atoms with E-state index in [-0.39, 0.29) is 36.2 Å². The summed E-state index contributed by atoms with van der Waals surface area (Å²) in [7, 11) is 0. The summed E-state index contributed by atoms with van der Waals surface area (Å²) >= 11 is 0. The van der Waals surface area contributed by atoms with E-state index in [1.54, 1.807) is 12.1 Å². The van der Waals surface area contributed by atoms with E-state index in [1.807, 2.05) is 0 Å². The average molecular weight is 348 g/mol. The molecule has 1 atom stereocenters. The summed E-state index contributed by atoms with van der Waals surface area (Å²) < 4.78 is 5.12. The zero-order chi connectivity index (χ0) is 17.6. The molecule has 0 radical (unpaired) electrons. The summed E-state index contributed by atoms with van der Waals surface area (Å²) in [5.74, 6) is 0.796. The molecule has 3 N–H and O–H groups in total. The van der Waals surface area contributed by atoms with Gasteiger partial charge in [0.15, 0.2) is 0 Å². The number of nitrogens with one attached hydrogen (secondary N) is 2. The lowest BCUT2D eigenvalue weighted by Crippen LogP contribution is -2.43. The van der Waals surface area contributed by atoms with Crippen LogP contribution in [-0.2, 0) is 9.59 Å². The van der Waals surface area contributed by atoms with E-state index in [4.69, 9.17) is 4.42 Å². The van der Waals surface area contributed by atoms with E-state index in [0.717, 1.165) is 51.4 Å². The summed E-state index contributed by atoms with van der Waals surface area (Å²) in [5, 5.41) is 15.9. The van der Waals surface area contributed by atoms with Crippen molar-refractivity contribution >= 4 is 11.8 Å². The molecule has 25 heavy (non-hydrogen) atoms. The van der Waals surface area contributed by atoms with Gasteiger partial charge in [0.2, 0.25) is 11.8 Å². The third kappa shape index (κ3) is 4.84. The Morgan fingerprint density at radius 3 is 2.40 bits per heavy atom. The lowest BCUT2D eigenvalue weighted by atomic mass is 9.85. The number of rotatable bonds is 6. The number of carbonyl (C=O) groups is 2. The van der Waals surface area contributed by atoms with Crippen molar-refractivity contribution < 1.29 is 19.1 Å². The molecule has 0 saturated heterocycles. The second-order valence-corrected chi connectivity index (χ2v) is 7.31. The third-order valence-electron chi connectivity index (χ3n) is 5.51. The van der Waals surface area contributed by atoms with Gasteiger partial charge >= 0.3 is 0 Å². The van der Waals surface area contributed by atoms with Gasteiger partial charge in [0.05, 0.1) is 12.8 Å². The highest BCUT2D eigenvalue weighted by Gasteiger charge is 2.29. The molecular formula is C19H28N2O4. The molecule has 3 rings (SSSR count). The fraction of sp³-hybridized carbons (Fsp3) is 0.684. The van der Waals surface area contributed by atoms with Crippen LogP contribution in [0.1, 0.15) is 63.2 Å². The number of aliphatic hydroxyl groups is 1. The van der Waals surface area contributed by atoms with E-state index in [9.17, 15) is 14.7 Å². The van der Waals surface area contributed by atoms with Crippen LogP contribution in [0, 0.1) is 11.8 Å². The molecule has 6 nitrogen and oxygen atoms in total. The molecule has 1 unspecified atom stereocenters. The van der Waals surface area contributed by atoms with Gasteiger partial charge in [-0.05, 0) is 50.7 Å². The van der Waals surface area contributed by atoms with E-state index in [0.29, 0.717) is 5.76 Å². The van der Waals surface area contributed by atoms with Crippen molar-refractivity contribution in [2.45, 2.75) is 63.5 Å². The molecule has 1 aromatic rings. The smallest absolute Gasteiger partial charge is 0.223 e. The van der Waals surface area contributed by atoms with Crippen LogP contribution in [-0.4, -0.2) is 29.5 Å². The van der Waals surface area contributed by atoms with E-state index in [2.05, 4.69) is 10.6 Å². The molecule has 2 aliphatic rings. The Balaban J connectivity index is 1.36. The van der Waals surface area contributed by atoms with E-state index >= 15 is 0 Å². The maximum atomic E-state index is 12.3. The highest BCUT2D eigenvalue weighted by atomic mass is 16.4. The number of amides is 2. The Labute approximate surface area is 148 Å². The summed E-state index contributed by atoms with van der Waals surface area (Å²) in [5.41, 5.74) is 0. The first-order valence-electron chi connectivity index (χ1n) is 9.43. The van der Waals surface area contributed by atoms with Crippen molar-refractivity contribution in [1.29, 1.82) is 0 Å². The van der Waals surface area contributed by atoms with Crippen molar-refractivity contribution in [2.24, 2.45) is 11.8 Å². The first kappa shape index (κ1) is 18.0. The fourth-order valence-corrected chi connectivity index (χ4v) is 3.93. The first-order chi connectivity index (χ1) is 12.1. The second-order valence-electron chi connectivity index (χ2n) is 7.31. The third-order valence-corrected chi connectivity index (χ3v) is 5.51. The summed E-state index contributed by atoms with van der Waals surface area (Å²) in [6.07, 6.45) is 8.28. The zero-order valence-electron chi connectivity index (χ0n) is 14.6. The summed E-state index contributed by atoms with van der Waals surface area (Å²) in [4.78, 5) is 24.5. The molecule has 2 amide bonds. The zero-order valence-corrected chi connectivity index (χ0v) is 14.6. The van der Waals surface area contributed by atoms with Crippen molar-refractivity contribution in [1.82, 2.24) is 10.6 Å². The minimum atomic E-state index is -0.819. The highest BCUT2D eigenvalue weighted by molar-refractivity contribution is 5.80. The van der Waals surface area contributed by atoms with Crippen LogP contribution < -0.4 is 10.6 Å². The van der Waals surface area contributed by atoms with Crippen LogP contribution in [0.5, 0.6) is 0 Å². The molecule has 0 bridgehead atoms. The van der Waals surface area contributed by atoms with Crippen molar-refractivity contribution in [3.63, 3.8) is 0 Å². The van der Waals surface area contributed by atoms with Crippen molar-refractivity contribution in [3.05, 3.63) is 24.2 Å². The SMILES string of the molecule is O=C(NCC(O)c1ccco1)C1CCC(NC(=O)C2CCCC2)CC1. The van der Waals surface area contributed by atoms with Crippen LogP contribution >= 0.6 is 0 Å². The van der Waals surface area contributed by atoms with Crippen molar-refractivity contribution in [2.75, 3.05) is 6.54 Å².